The van der Waals surface area contributed by atoms with Gasteiger partial charge in [0.1, 0.15) is 0 Å². The average molecular weight is 325 g/mol. The molecule has 0 aliphatic rings. The van der Waals surface area contributed by atoms with Gasteiger partial charge in [0.25, 0.3) is 0 Å². The Kier molecular flexibility index (Phi) is 5.27. The SMILES string of the molecule is C=C/C=C\N=C(/C)c1cc(-c2ccccc2)cc(-c2ccccn2)n1. The zero-order chi connectivity index (χ0) is 17.5. The van der Waals surface area contributed by atoms with Crippen LogP contribution in [-0.2, 0) is 0 Å². The minimum absolute atomic E-state index is 0.829. The van der Waals surface area contributed by atoms with Gasteiger partial charge < -0.3 is 0 Å². The predicted molar refractivity (Wildman–Crippen MR) is 104 cm³/mol. The highest BCUT2D eigenvalue weighted by atomic mass is 14.8. The number of hydrogen-bond acceptors (Lipinski definition) is 3. The fraction of sp³-hybridized carbons (Fsp3) is 0.0455. The lowest BCUT2D eigenvalue weighted by atomic mass is 10.0. The second kappa shape index (κ2) is 7.97. The number of allylic oxidation sites excluding steroid dienone is 2. The summed E-state index contributed by atoms with van der Waals surface area (Å²) in [5, 5.41) is 0. The lowest BCUT2D eigenvalue weighted by Crippen LogP contribution is -2.01. The normalized spacial score (nSPS) is 11.6. The highest BCUT2D eigenvalue weighted by molar-refractivity contribution is 5.99. The Morgan fingerprint density at radius 2 is 1.76 bits per heavy atom. The summed E-state index contributed by atoms with van der Waals surface area (Å²) in [5.41, 5.74) is 5.57. The zero-order valence-corrected chi connectivity index (χ0v) is 14.1. The summed E-state index contributed by atoms with van der Waals surface area (Å²) in [6.07, 6.45) is 6.99. The molecule has 3 heteroatoms. The standard InChI is InChI=1S/C22H19N3/c1-3-4-13-23-17(2)21-15-19(18-10-6-5-7-11-18)16-22(25-21)20-12-8-9-14-24-20/h3-16H,1H2,2H3/b13-4-,23-17+. The minimum atomic E-state index is 0.829. The Morgan fingerprint density at radius 3 is 2.48 bits per heavy atom. The van der Waals surface area contributed by atoms with Gasteiger partial charge in [0.15, 0.2) is 0 Å². The molecule has 25 heavy (non-hydrogen) atoms. The second-order valence-corrected chi connectivity index (χ2v) is 5.50. The monoisotopic (exact) mass is 325 g/mol. The van der Waals surface area contributed by atoms with E-state index in [1.807, 2.05) is 43.3 Å². The maximum atomic E-state index is 4.75. The zero-order valence-electron chi connectivity index (χ0n) is 14.1. The molecule has 2 aromatic heterocycles. The molecule has 122 valence electrons. The van der Waals surface area contributed by atoms with E-state index < -0.39 is 0 Å². The summed E-state index contributed by atoms with van der Waals surface area (Å²) in [5.74, 6) is 0. The van der Waals surface area contributed by atoms with Gasteiger partial charge in [-0.1, -0.05) is 49.1 Å². The van der Waals surface area contributed by atoms with Gasteiger partial charge in [-0.25, -0.2) is 4.98 Å². The van der Waals surface area contributed by atoms with E-state index in [2.05, 4.69) is 40.8 Å². The maximum absolute atomic E-state index is 4.75. The molecule has 0 N–H and O–H groups in total. The molecule has 3 aromatic rings. The molecule has 2 heterocycles. The first kappa shape index (κ1) is 16.5. The molecule has 0 bridgehead atoms. The van der Waals surface area contributed by atoms with Gasteiger partial charge in [-0.05, 0) is 48.4 Å². The van der Waals surface area contributed by atoms with Crippen LogP contribution in [0.3, 0.4) is 0 Å². The fourth-order valence-corrected chi connectivity index (χ4v) is 2.44. The van der Waals surface area contributed by atoms with Gasteiger partial charge in [0.2, 0.25) is 0 Å². The van der Waals surface area contributed by atoms with E-state index in [-0.39, 0.29) is 0 Å². The molecule has 3 rings (SSSR count). The number of nitrogens with zero attached hydrogens (tertiary/aromatic N) is 3. The summed E-state index contributed by atoms with van der Waals surface area (Å²) < 4.78 is 0. The first-order chi connectivity index (χ1) is 12.3. The Hall–Kier alpha value is -3.33. The Morgan fingerprint density at radius 1 is 0.960 bits per heavy atom. The summed E-state index contributed by atoms with van der Waals surface area (Å²) in [4.78, 5) is 13.6. The number of hydrogen-bond donors (Lipinski definition) is 0. The largest absolute Gasteiger partial charge is 0.259 e. The maximum Gasteiger partial charge on any atom is 0.0900 e. The van der Waals surface area contributed by atoms with Gasteiger partial charge in [-0.15, -0.1) is 0 Å². The fourth-order valence-electron chi connectivity index (χ4n) is 2.44. The van der Waals surface area contributed by atoms with Crippen LogP contribution in [0.2, 0.25) is 0 Å². The van der Waals surface area contributed by atoms with Gasteiger partial charge in [0, 0.05) is 12.4 Å². The van der Waals surface area contributed by atoms with E-state index in [1.54, 1.807) is 24.5 Å². The third kappa shape index (κ3) is 4.15. The summed E-state index contributed by atoms with van der Waals surface area (Å²) in [6, 6.07) is 20.2. The third-order valence-electron chi connectivity index (χ3n) is 3.72. The Labute approximate surface area is 148 Å². The highest BCUT2D eigenvalue weighted by Crippen LogP contribution is 2.25. The van der Waals surface area contributed by atoms with Crippen LogP contribution in [0, 0.1) is 0 Å². The molecule has 1 aromatic carbocycles. The molecule has 0 fully saturated rings. The molecule has 0 spiro atoms. The van der Waals surface area contributed by atoms with Crippen molar-refractivity contribution < 1.29 is 0 Å². The van der Waals surface area contributed by atoms with Crippen molar-refractivity contribution in [3.8, 4) is 22.5 Å². The third-order valence-corrected chi connectivity index (χ3v) is 3.72. The van der Waals surface area contributed by atoms with Crippen molar-refractivity contribution in [2.75, 3.05) is 0 Å². The van der Waals surface area contributed by atoms with Gasteiger partial charge in [0.05, 0.1) is 22.8 Å². The van der Waals surface area contributed by atoms with Crippen molar-refractivity contribution in [2.24, 2.45) is 4.99 Å². The number of aromatic nitrogens is 2. The van der Waals surface area contributed by atoms with Crippen molar-refractivity contribution >= 4 is 5.71 Å². The molecule has 0 radical (unpaired) electrons. The van der Waals surface area contributed by atoms with Crippen LogP contribution in [0.1, 0.15) is 12.6 Å². The molecule has 0 aliphatic heterocycles. The molecule has 0 aliphatic carbocycles. The Bertz CT molecular complexity index is 853. The van der Waals surface area contributed by atoms with Crippen molar-refractivity contribution in [1.29, 1.82) is 0 Å². The van der Waals surface area contributed by atoms with Crippen LogP contribution in [0.5, 0.6) is 0 Å². The molecule has 0 atom stereocenters. The van der Waals surface area contributed by atoms with Crippen molar-refractivity contribution in [2.45, 2.75) is 6.92 Å². The topological polar surface area (TPSA) is 38.1 Å². The van der Waals surface area contributed by atoms with E-state index in [0.29, 0.717) is 0 Å². The lowest BCUT2D eigenvalue weighted by Gasteiger charge is -2.09. The van der Waals surface area contributed by atoms with Crippen molar-refractivity contribution in [1.82, 2.24) is 9.97 Å². The van der Waals surface area contributed by atoms with E-state index in [4.69, 9.17) is 4.98 Å². The molecule has 0 unspecified atom stereocenters. The molecular formula is C22H19N3. The highest BCUT2D eigenvalue weighted by Gasteiger charge is 2.09. The number of aliphatic imine (C=N–C) groups is 1. The number of benzene rings is 1. The summed E-state index contributed by atoms with van der Waals surface area (Å²) in [6.45, 7) is 5.61. The quantitative estimate of drug-likeness (QED) is 0.470. The average Bonchev–Trinajstić information content (AvgIpc) is 2.69. The van der Waals surface area contributed by atoms with Crippen LogP contribution in [0.25, 0.3) is 22.5 Å². The van der Waals surface area contributed by atoms with E-state index in [0.717, 1.165) is 33.9 Å². The molecule has 0 saturated carbocycles. The van der Waals surface area contributed by atoms with Gasteiger partial charge in [-0.2, -0.15) is 0 Å². The number of pyridine rings is 2. The van der Waals surface area contributed by atoms with Crippen molar-refractivity contribution in [3.63, 3.8) is 0 Å². The van der Waals surface area contributed by atoms with Crippen LogP contribution >= 0.6 is 0 Å². The molecule has 3 nitrogen and oxygen atoms in total. The van der Waals surface area contributed by atoms with Crippen LogP contribution in [0.4, 0.5) is 0 Å². The summed E-state index contributed by atoms with van der Waals surface area (Å²) >= 11 is 0. The Balaban J connectivity index is 2.13. The van der Waals surface area contributed by atoms with Crippen molar-refractivity contribution in [3.05, 3.63) is 97.5 Å². The smallest absolute Gasteiger partial charge is 0.0900 e. The van der Waals surface area contributed by atoms with E-state index >= 15 is 0 Å². The number of rotatable bonds is 5. The van der Waals surface area contributed by atoms with Crippen LogP contribution < -0.4 is 0 Å². The first-order valence-corrected chi connectivity index (χ1v) is 8.09. The predicted octanol–water partition coefficient (Wildman–Crippen LogP) is 5.32. The van der Waals surface area contributed by atoms with Gasteiger partial charge >= 0.3 is 0 Å². The summed E-state index contributed by atoms with van der Waals surface area (Å²) in [7, 11) is 0. The first-order valence-electron chi connectivity index (χ1n) is 8.09. The minimum Gasteiger partial charge on any atom is -0.259 e. The second-order valence-electron chi connectivity index (χ2n) is 5.50. The lowest BCUT2D eigenvalue weighted by molar-refractivity contribution is 1.23. The molecular weight excluding hydrogens is 306 g/mol. The van der Waals surface area contributed by atoms with Gasteiger partial charge in [-0.3, -0.25) is 9.98 Å². The molecule has 0 amide bonds. The van der Waals surface area contributed by atoms with Crippen LogP contribution in [-0.4, -0.2) is 15.7 Å². The molecule has 0 saturated heterocycles. The van der Waals surface area contributed by atoms with E-state index in [1.165, 1.54) is 0 Å². The van der Waals surface area contributed by atoms with E-state index in [9.17, 15) is 0 Å². The van der Waals surface area contributed by atoms with Crippen LogP contribution in [0.15, 0.2) is 96.8 Å².